The van der Waals surface area contributed by atoms with Gasteiger partial charge in [0.2, 0.25) is 0 Å². The molecule has 0 saturated carbocycles. The lowest BCUT2D eigenvalue weighted by Crippen LogP contribution is -2.40. The summed E-state index contributed by atoms with van der Waals surface area (Å²) in [4.78, 5) is 6.56. The SMILES string of the molecule is Cc1cnccc1CNC(C)C1CCN(C)CC1. The second-order valence-electron chi connectivity index (χ2n) is 5.61. The van der Waals surface area contributed by atoms with Gasteiger partial charge in [-0.3, -0.25) is 4.98 Å². The molecule has 0 aliphatic carbocycles. The van der Waals surface area contributed by atoms with Crippen LogP contribution in [-0.2, 0) is 6.54 Å². The molecule has 100 valence electrons. The Morgan fingerprint density at radius 3 is 2.83 bits per heavy atom. The predicted molar refractivity (Wildman–Crippen MR) is 75.5 cm³/mol. The molecule has 0 aromatic carbocycles. The van der Waals surface area contributed by atoms with Gasteiger partial charge >= 0.3 is 0 Å². The van der Waals surface area contributed by atoms with Gasteiger partial charge in [0.1, 0.15) is 0 Å². The lowest BCUT2D eigenvalue weighted by atomic mass is 9.90. The normalized spacial score (nSPS) is 19.9. The van der Waals surface area contributed by atoms with E-state index in [9.17, 15) is 0 Å². The Morgan fingerprint density at radius 1 is 1.44 bits per heavy atom. The molecule has 1 aromatic heterocycles. The van der Waals surface area contributed by atoms with E-state index in [0.29, 0.717) is 6.04 Å². The third-order valence-corrected chi connectivity index (χ3v) is 4.22. The third kappa shape index (κ3) is 3.53. The highest BCUT2D eigenvalue weighted by atomic mass is 15.1. The van der Waals surface area contributed by atoms with Crippen LogP contribution in [0.15, 0.2) is 18.5 Å². The van der Waals surface area contributed by atoms with E-state index in [1.165, 1.54) is 37.1 Å². The van der Waals surface area contributed by atoms with Crippen molar-refractivity contribution in [3.8, 4) is 0 Å². The summed E-state index contributed by atoms with van der Waals surface area (Å²) in [6, 6.07) is 2.72. The number of piperidine rings is 1. The van der Waals surface area contributed by atoms with E-state index in [1.807, 2.05) is 12.4 Å². The summed E-state index contributed by atoms with van der Waals surface area (Å²) in [7, 11) is 2.22. The molecule has 1 saturated heterocycles. The number of nitrogens with zero attached hydrogens (tertiary/aromatic N) is 2. The first-order chi connectivity index (χ1) is 8.66. The van der Waals surface area contributed by atoms with Crippen molar-refractivity contribution in [1.29, 1.82) is 0 Å². The minimum absolute atomic E-state index is 0.603. The molecule has 0 amide bonds. The molecular weight excluding hydrogens is 222 g/mol. The van der Waals surface area contributed by atoms with Crippen molar-refractivity contribution in [2.75, 3.05) is 20.1 Å². The first-order valence-corrected chi connectivity index (χ1v) is 6.98. The van der Waals surface area contributed by atoms with Gasteiger partial charge in [0.15, 0.2) is 0 Å². The zero-order valence-electron chi connectivity index (χ0n) is 11.8. The minimum Gasteiger partial charge on any atom is -0.310 e. The van der Waals surface area contributed by atoms with Gasteiger partial charge in [-0.1, -0.05) is 0 Å². The molecule has 2 heterocycles. The van der Waals surface area contributed by atoms with Gasteiger partial charge in [-0.25, -0.2) is 0 Å². The first kappa shape index (κ1) is 13.5. The second-order valence-corrected chi connectivity index (χ2v) is 5.61. The van der Waals surface area contributed by atoms with Gasteiger partial charge in [-0.15, -0.1) is 0 Å². The highest BCUT2D eigenvalue weighted by molar-refractivity contribution is 5.21. The van der Waals surface area contributed by atoms with Gasteiger partial charge in [-0.05, 0) is 69.9 Å². The Morgan fingerprint density at radius 2 is 2.17 bits per heavy atom. The van der Waals surface area contributed by atoms with Crippen molar-refractivity contribution in [2.45, 2.75) is 39.3 Å². The monoisotopic (exact) mass is 247 g/mol. The van der Waals surface area contributed by atoms with Crippen LogP contribution in [0.25, 0.3) is 0 Å². The van der Waals surface area contributed by atoms with Crippen molar-refractivity contribution >= 4 is 0 Å². The molecular formula is C15H25N3. The van der Waals surface area contributed by atoms with Crippen molar-refractivity contribution in [3.63, 3.8) is 0 Å². The molecule has 18 heavy (non-hydrogen) atoms. The van der Waals surface area contributed by atoms with Crippen LogP contribution in [0, 0.1) is 12.8 Å². The summed E-state index contributed by atoms with van der Waals surface area (Å²) in [6.07, 6.45) is 6.46. The third-order valence-electron chi connectivity index (χ3n) is 4.22. The highest BCUT2D eigenvalue weighted by Crippen LogP contribution is 2.20. The summed E-state index contributed by atoms with van der Waals surface area (Å²) >= 11 is 0. The van der Waals surface area contributed by atoms with Crippen LogP contribution in [-0.4, -0.2) is 36.1 Å². The van der Waals surface area contributed by atoms with Crippen molar-refractivity contribution in [2.24, 2.45) is 5.92 Å². The topological polar surface area (TPSA) is 28.2 Å². The highest BCUT2D eigenvalue weighted by Gasteiger charge is 2.21. The Labute approximate surface area is 111 Å². The van der Waals surface area contributed by atoms with Crippen molar-refractivity contribution < 1.29 is 0 Å². The van der Waals surface area contributed by atoms with Crippen molar-refractivity contribution in [1.82, 2.24) is 15.2 Å². The van der Waals surface area contributed by atoms with E-state index in [-0.39, 0.29) is 0 Å². The molecule has 1 atom stereocenters. The van der Waals surface area contributed by atoms with Crippen LogP contribution in [0.5, 0.6) is 0 Å². The summed E-state index contributed by atoms with van der Waals surface area (Å²) in [5, 5.41) is 3.68. The lowest BCUT2D eigenvalue weighted by molar-refractivity contribution is 0.189. The molecule has 1 aliphatic rings. The van der Waals surface area contributed by atoms with Crippen LogP contribution in [0.3, 0.4) is 0 Å². The number of rotatable bonds is 4. The molecule has 2 rings (SSSR count). The zero-order chi connectivity index (χ0) is 13.0. The van der Waals surface area contributed by atoms with Crippen LogP contribution in [0.2, 0.25) is 0 Å². The van der Waals surface area contributed by atoms with E-state index >= 15 is 0 Å². The van der Waals surface area contributed by atoms with Gasteiger partial charge in [0.05, 0.1) is 0 Å². The molecule has 0 spiro atoms. The van der Waals surface area contributed by atoms with Gasteiger partial charge < -0.3 is 10.2 Å². The summed E-state index contributed by atoms with van der Waals surface area (Å²) in [5.74, 6) is 0.823. The predicted octanol–water partition coefficient (Wildman–Crippen LogP) is 2.21. The molecule has 3 heteroatoms. The van der Waals surface area contributed by atoms with E-state index < -0.39 is 0 Å². The number of aryl methyl sites for hydroxylation is 1. The largest absolute Gasteiger partial charge is 0.310 e. The second kappa shape index (κ2) is 6.30. The molecule has 1 unspecified atom stereocenters. The molecule has 1 aromatic rings. The maximum Gasteiger partial charge on any atom is 0.0300 e. The van der Waals surface area contributed by atoms with E-state index in [4.69, 9.17) is 0 Å². The maximum absolute atomic E-state index is 4.14. The maximum atomic E-state index is 4.14. The van der Waals surface area contributed by atoms with Gasteiger partial charge in [0.25, 0.3) is 0 Å². The summed E-state index contributed by atoms with van der Waals surface area (Å²) in [6.45, 7) is 7.90. The van der Waals surface area contributed by atoms with E-state index in [0.717, 1.165) is 12.5 Å². The van der Waals surface area contributed by atoms with Crippen LogP contribution >= 0.6 is 0 Å². The molecule has 0 radical (unpaired) electrons. The smallest absolute Gasteiger partial charge is 0.0300 e. The Bertz CT molecular complexity index is 370. The lowest BCUT2D eigenvalue weighted by Gasteiger charge is -2.33. The van der Waals surface area contributed by atoms with Gasteiger partial charge in [-0.2, -0.15) is 0 Å². The standard InChI is InChI=1S/C15H25N3/c1-12-10-16-7-4-15(12)11-17-13(2)14-5-8-18(3)9-6-14/h4,7,10,13-14,17H,5-6,8-9,11H2,1-3H3. The molecule has 3 nitrogen and oxygen atoms in total. The van der Waals surface area contributed by atoms with Crippen LogP contribution < -0.4 is 5.32 Å². The quantitative estimate of drug-likeness (QED) is 0.884. The zero-order valence-corrected chi connectivity index (χ0v) is 11.8. The average Bonchev–Trinajstić information content (AvgIpc) is 2.38. The fraction of sp³-hybridized carbons (Fsp3) is 0.667. The van der Waals surface area contributed by atoms with Crippen molar-refractivity contribution in [3.05, 3.63) is 29.6 Å². The summed E-state index contributed by atoms with van der Waals surface area (Å²) < 4.78 is 0. The Kier molecular flexibility index (Phi) is 4.72. The fourth-order valence-electron chi connectivity index (χ4n) is 2.67. The summed E-state index contributed by atoms with van der Waals surface area (Å²) in [5.41, 5.74) is 2.64. The number of likely N-dealkylation sites (tertiary alicyclic amines) is 1. The number of hydrogen-bond donors (Lipinski definition) is 1. The minimum atomic E-state index is 0.603. The number of hydrogen-bond acceptors (Lipinski definition) is 3. The van der Waals surface area contributed by atoms with Crippen LogP contribution in [0.1, 0.15) is 30.9 Å². The number of aromatic nitrogens is 1. The van der Waals surface area contributed by atoms with E-state index in [2.05, 4.69) is 42.2 Å². The van der Waals surface area contributed by atoms with E-state index in [1.54, 1.807) is 0 Å². The van der Waals surface area contributed by atoms with Crippen LogP contribution in [0.4, 0.5) is 0 Å². The Balaban J connectivity index is 1.81. The van der Waals surface area contributed by atoms with Gasteiger partial charge in [0, 0.05) is 25.0 Å². The number of nitrogens with one attached hydrogen (secondary N) is 1. The molecule has 0 bridgehead atoms. The average molecular weight is 247 g/mol. The first-order valence-electron chi connectivity index (χ1n) is 6.98. The number of pyridine rings is 1. The Hall–Kier alpha value is -0.930. The molecule has 1 aliphatic heterocycles. The molecule has 1 fully saturated rings. The fourth-order valence-corrected chi connectivity index (χ4v) is 2.67. The molecule has 1 N–H and O–H groups in total.